The molecule has 2 aromatic rings. The van der Waals surface area contributed by atoms with E-state index in [-0.39, 0.29) is 12.1 Å². The summed E-state index contributed by atoms with van der Waals surface area (Å²) in [4.78, 5) is 13.9. The highest BCUT2D eigenvalue weighted by molar-refractivity contribution is 5.78. The summed E-state index contributed by atoms with van der Waals surface area (Å²) in [5, 5.41) is 3.97. The number of nitrogens with zero attached hydrogens (tertiary/aromatic N) is 1. The lowest BCUT2D eigenvalue weighted by Crippen LogP contribution is -2.39. The molecule has 0 aliphatic heterocycles. The van der Waals surface area contributed by atoms with Gasteiger partial charge in [-0.1, -0.05) is 32.0 Å². The summed E-state index contributed by atoms with van der Waals surface area (Å²) in [7, 11) is 1.78. The van der Waals surface area contributed by atoms with Gasteiger partial charge in [-0.05, 0) is 31.4 Å². The van der Waals surface area contributed by atoms with E-state index in [1.54, 1.807) is 11.9 Å². The van der Waals surface area contributed by atoms with Gasteiger partial charge in [0.05, 0.1) is 6.04 Å². The number of para-hydroxylation sites is 1. The average Bonchev–Trinajstić information content (AvgIpc) is 3.00. The second kappa shape index (κ2) is 8.73. The largest absolute Gasteiger partial charge is 0.459 e. The first-order valence-corrected chi connectivity index (χ1v) is 8.56. The molecule has 132 valence electrons. The van der Waals surface area contributed by atoms with Crippen molar-refractivity contribution in [1.82, 2.24) is 10.2 Å². The number of hydrogen-bond acceptors (Lipinski definition) is 3. The third kappa shape index (κ3) is 4.99. The van der Waals surface area contributed by atoms with Crippen LogP contribution in [-0.4, -0.2) is 37.7 Å². The Morgan fingerprint density at radius 3 is 2.75 bits per heavy atom. The van der Waals surface area contributed by atoms with Crippen molar-refractivity contribution in [3.8, 4) is 0 Å². The topological polar surface area (TPSA) is 54.7 Å². The number of fused-ring (bicyclic) bond motifs is 1. The number of carbonyl (C=O) groups excluding carboxylic acids is 1. The fraction of sp³-hybridized carbons (Fsp3) is 0.526. The highest BCUT2D eigenvalue weighted by Gasteiger charge is 2.20. The maximum Gasteiger partial charge on any atom is 0.317 e. The van der Waals surface area contributed by atoms with Crippen molar-refractivity contribution in [3.05, 3.63) is 36.1 Å². The number of benzene rings is 1. The number of carbonyl (C=O) groups is 1. The number of furan rings is 1. The van der Waals surface area contributed by atoms with Crippen LogP contribution in [0.3, 0.4) is 0 Å². The maximum absolute atomic E-state index is 12.2. The second-order valence-corrected chi connectivity index (χ2v) is 6.53. The van der Waals surface area contributed by atoms with Crippen LogP contribution in [0.2, 0.25) is 0 Å². The molecule has 0 spiro atoms. The summed E-state index contributed by atoms with van der Waals surface area (Å²) in [5.41, 5.74) is 0.843. The molecule has 0 unspecified atom stereocenters. The van der Waals surface area contributed by atoms with Gasteiger partial charge in [-0.2, -0.15) is 0 Å². The van der Waals surface area contributed by atoms with Crippen LogP contribution in [0, 0.1) is 5.92 Å². The fourth-order valence-electron chi connectivity index (χ4n) is 2.39. The summed E-state index contributed by atoms with van der Waals surface area (Å²) < 4.78 is 11.3. The Balaban J connectivity index is 1.79. The Morgan fingerprint density at radius 2 is 2.04 bits per heavy atom. The van der Waals surface area contributed by atoms with Crippen LogP contribution in [0.4, 0.5) is 4.79 Å². The molecule has 5 heteroatoms. The Hall–Kier alpha value is -2.01. The van der Waals surface area contributed by atoms with Gasteiger partial charge in [0, 0.05) is 32.2 Å². The first kappa shape index (κ1) is 18.3. The van der Waals surface area contributed by atoms with Gasteiger partial charge in [-0.15, -0.1) is 0 Å². The highest BCUT2D eigenvalue weighted by Crippen LogP contribution is 2.26. The Labute approximate surface area is 144 Å². The number of urea groups is 1. The van der Waals surface area contributed by atoms with E-state index in [2.05, 4.69) is 19.2 Å². The zero-order chi connectivity index (χ0) is 17.5. The average molecular weight is 332 g/mol. The SMILES string of the molecule is CC(C)COCCCNC(=O)N(C)[C@H](C)c1cc2ccccc2o1. The van der Waals surface area contributed by atoms with Crippen molar-refractivity contribution >= 4 is 17.0 Å². The van der Waals surface area contributed by atoms with Crippen molar-refractivity contribution in [2.75, 3.05) is 26.8 Å². The number of amides is 2. The Bertz CT molecular complexity index is 618. The molecule has 0 aliphatic rings. The van der Waals surface area contributed by atoms with Gasteiger partial charge in [0.15, 0.2) is 0 Å². The molecule has 0 aliphatic carbocycles. The van der Waals surface area contributed by atoms with Gasteiger partial charge >= 0.3 is 6.03 Å². The standard InChI is InChI=1S/C19H28N2O3/c1-14(2)13-23-11-7-10-20-19(22)21(4)15(3)18-12-16-8-5-6-9-17(16)24-18/h5-6,8-9,12,14-15H,7,10-11,13H2,1-4H3,(H,20,22)/t15-/m1/s1. The number of rotatable bonds is 8. The molecule has 1 aromatic heterocycles. The van der Waals surface area contributed by atoms with Crippen molar-refractivity contribution in [1.29, 1.82) is 0 Å². The number of ether oxygens (including phenoxy) is 1. The number of hydrogen-bond donors (Lipinski definition) is 1. The van der Waals surface area contributed by atoms with E-state index in [9.17, 15) is 4.79 Å². The molecule has 0 radical (unpaired) electrons. The van der Waals surface area contributed by atoms with Crippen LogP contribution in [0.1, 0.15) is 39.0 Å². The number of nitrogens with one attached hydrogen (secondary N) is 1. The summed E-state index contributed by atoms with van der Waals surface area (Å²) in [6, 6.07) is 9.61. The van der Waals surface area contributed by atoms with Gasteiger partial charge in [0.25, 0.3) is 0 Å². The van der Waals surface area contributed by atoms with Gasteiger partial charge in [-0.25, -0.2) is 4.79 Å². The minimum absolute atomic E-state index is 0.105. The molecule has 5 nitrogen and oxygen atoms in total. The molecule has 2 rings (SSSR count). The molecule has 1 heterocycles. The van der Waals surface area contributed by atoms with Gasteiger partial charge < -0.3 is 19.4 Å². The summed E-state index contributed by atoms with van der Waals surface area (Å²) in [5.74, 6) is 1.32. The summed E-state index contributed by atoms with van der Waals surface area (Å²) in [6.07, 6.45) is 0.811. The zero-order valence-electron chi connectivity index (χ0n) is 15.0. The van der Waals surface area contributed by atoms with E-state index >= 15 is 0 Å². The van der Waals surface area contributed by atoms with Crippen LogP contribution in [-0.2, 0) is 4.74 Å². The van der Waals surface area contributed by atoms with Crippen LogP contribution < -0.4 is 5.32 Å². The Kier molecular flexibility index (Phi) is 6.67. The van der Waals surface area contributed by atoms with Crippen LogP contribution >= 0.6 is 0 Å². The minimum Gasteiger partial charge on any atom is -0.459 e. The molecular formula is C19H28N2O3. The molecule has 0 fully saturated rings. The molecule has 0 saturated heterocycles. The van der Waals surface area contributed by atoms with Crippen LogP contribution in [0.15, 0.2) is 34.7 Å². The normalized spacial score (nSPS) is 12.5. The molecule has 1 atom stereocenters. The molecule has 1 N–H and O–H groups in total. The quantitative estimate of drug-likeness (QED) is 0.737. The molecule has 1 aromatic carbocycles. The molecule has 0 saturated carbocycles. The zero-order valence-corrected chi connectivity index (χ0v) is 15.0. The van der Waals surface area contributed by atoms with E-state index in [0.29, 0.717) is 19.1 Å². The fourth-order valence-corrected chi connectivity index (χ4v) is 2.39. The van der Waals surface area contributed by atoms with E-state index in [1.165, 1.54) is 0 Å². The summed E-state index contributed by atoms with van der Waals surface area (Å²) in [6.45, 7) is 8.24. The Morgan fingerprint density at radius 1 is 1.29 bits per heavy atom. The monoisotopic (exact) mass is 332 g/mol. The van der Waals surface area contributed by atoms with E-state index in [4.69, 9.17) is 9.15 Å². The predicted molar refractivity (Wildman–Crippen MR) is 96.1 cm³/mol. The molecular weight excluding hydrogens is 304 g/mol. The molecule has 24 heavy (non-hydrogen) atoms. The van der Waals surface area contributed by atoms with Crippen molar-refractivity contribution < 1.29 is 13.9 Å². The predicted octanol–water partition coefficient (Wildman–Crippen LogP) is 4.20. The van der Waals surface area contributed by atoms with Crippen LogP contribution in [0.25, 0.3) is 11.0 Å². The van der Waals surface area contributed by atoms with Crippen molar-refractivity contribution in [2.45, 2.75) is 33.2 Å². The second-order valence-electron chi connectivity index (χ2n) is 6.53. The van der Waals surface area contributed by atoms with Crippen molar-refractivity contribution in [2.24, 2.45) is 5.92 Å². The lowest BCUT2D eigenvalue weighted by atomic mass is 10.2. The summed E-state index contributed by atoms with van der Waals surface area (Å²) >= 11 is 0. The molecule has 2 amide bonds. The van der Waals surface area contributed by atoms with Gasteiger partial charge in [0.2, 0.25) is 0 Å². The van der Waals surface area contributed by atoms with Crippen LogP contribution in [0.5, 0.6) is 0 Å². The lowest BCUT2D eigenvalue weighted by Gasteiger charge is -2.23. The van der Waals surface area contributed by atoms with Crippen molar-refractivity contribution in [3.63, 3.8) is 0 Å². The third-order valence-electron chi connectivity index (χ3n) is 3.95. The minimum atomic E-state index is -0.130. The van der Waals surface area contributed by atoms with E-state index < -0.39 is 0 Å². The lowest BCUT2D eigenvalue weighted by molar-refractivity contribution is 0.107. The molecule has 0 bridgehead atoms. The maximum atomic E-state index is 12.2. The van der Waals surface area contributed by atoms with Gasteiger partial charge in [0.1, 0.15) is 11.3 Å². The van der Waals surface area contributed by atoms with E-state index in [1.807, 2.05) is 37.3 Å². The highest BCUT2D eigenvalue weighted by atomic mass is 16.5. The van der Waals surface area contributed by atoms with Gasteiger partial charge in [-0.3, -0.25) is 0 Å². The smallest absolute Gasteiger partial charge is 0.317 e. The van der Waals surface area contributed by atoms with E-state index in [0.717, 1.165) is 29.8 Å². The first-order chi connectivity index (χ1) is 11.5. The third-order valence-corrected chi connectivity index (χ3v) is 3.95. The first-order valence-electron chi connectivity index (χ1n) is 8.56.